The van der Waals surface area contributed by atoms with Crippen molar-refractivity contribution in [1.82, 2.24) is 15.2 Å². The summed E-state index contributed by atoms with van der Waals surface area (Å²) in [5.41, 5.74) is 1.11. The first kappa shape index (κ1) is 15.3. The van der Waals surface area contributed by atoms with Crippen molar-refractivity contribution in [3.63, 3.8) is 0 Å². The Balaban J connectivity index is 1.70. The Morgan fingerprint density at radius 1 is 1.36 bits per heavy atom. The molecule has 2 atom stereocenters. The van der Waals surface area contributed by atoms with E-state index in [4.69, 9.17) is 4.74 Å². The highest BCUT2D eigenvalue weighted by atomic mass is 16.5. The third-order valence-corrected chi connectivity index (χ3v) is 4.60. The Bertz CT molecular complexity index is 502. The number of carbonyl (C=O) groups excluding carboxylic acids is 1. The molecule has 0 aromatic carbocycles. The van der Waals surface area contributed by atoms with Gasteiger partial charge in [0.25, 0.3) is 0 Å². The molecule has 5 heteroatoms. The first-order chi connectivity index (χ1) is 10.7. The van der Waals surface area contributed by atoms with Crippen molar-refractivity contribution < 1.29 is 9.53 Å². The number of nitrogens with zero attached hydrogens (tertiary/aromatic N) is 2. The maximum atomic E-state index is 12.8. The fraction of sp³-hybridized carbons (Fsp3) is 0.647. The van der Waals surface area contributed by atoms with Gasteiger partial charge in [0.1, 0.15) is 0 Å². The first-order valence-electron chi connectivity index (χ1n) is 8.21. The highest BCUT2D eigenvalue weighted by molar-refractivity contribution is 5.75. The van der Waals surface area contributed by atoms with Gasteiger partial charge in [0.15, 0.2) is 0 Å². The summed E-state index contributed by atoms with van der Waals surface area (Å²) in [5, 5.41) is 3.22. The molecule has 2 unspecified atom stereocenters. The monoisotopic (exact) mass is 303 g/mol. The van der Waals surface area contributed by atoms with Gasteiger partial charge in [0, 0.05) is 18.9 Å². The summed E-state index contributed by atoms with van der Waals surface area (Å²) in [6.07, 6.45) is 5.99. The number of nitrogens with one attached hydrogen (secondary N) is 1. The molecule has 1 aliphatic carbocycles. The minimum Gasteiger partial charge on any atom is -0.377 e. The SMILES string of the molecule is CC(C)C(NC(=O)N1CCOCC1C1CC1)c1ccncc1. The van der Waals surface area contributed by atoms with Gasteiger partial charge in [-0.25, -0.2) is 4.79 Å². The molecule has 22 heavy (non-hydrogen) atoms. The number of aromatic nitrogens is 1. The molecule has 1 aromatic heterocycles. The van der Waals surface area contributed by atoms with Crippen LogP contribution in [0.25, 0.3) is 0 Å². The lowest BCUT2D eigenvalue weighted by atomic mass is 9.97. The van der Waals surface area contributed by atoms with Gasteiger partial charge in [0.05, 0.1) is 25.3 Å². The van der Waals surface area contributed by atoms with Crippen LogP contribution >= 0.6 is 0 Å². The summed E-state index contributed by atoms with van der Waals surface area (Å²) in [7, 11) is 0. The number of amides is 2. The van der Waals surface area contributed by atoms with Crippen LogP contribution in [0.2, 0.25) is 0 Å². The van der Waals surface area contributed by atoms with E-state index in [9.17, 15) is 4.79 Å². The van der Waals surface area contributed by atoms with E-state index in [0.717, 1.165) is 5.56 Å². The molecule has 5 nitrogen and oxygen atoms in total. The molecule has 2 aliphatic rings. The predicted octanol–water partition coefficient (Wildman–Crippen LogP) is 2.60. The fourth-order valence-corrected chi connectivity index (χ4v) is 3.17. The van der Waals surface area contributed by atoms with E-state index in [1.54, 1.807) is 12.4 Å². The molecule has 1 saturated heterocycles. The molecule has 1 aliphatic heterocycles. The van der Waals surface area contributed by atoms with E-state index in [0.29, 0.717) is 31.6 Å². The predicted molar refractivity (Wildman–Crippen MR) is 84.4 cm³/mol. The van der Waals surface area contributed by atoms with Crippen LogP contribution < -0.4 is 5.32 Å². The average Bonchev–Trinajstić information content (AvgIpc) is 3.38. The van der Waals surface area contributed by atoms with Crippen LogP contribution in [0, 0.1) is 11.8 Å². The number of carbonyl (C=O) groups is 1. The van der Waals surface area contributed by atoms with E-state index in [1.165, 1.54) is 12.8 Å². The van der Waals surface area contributed by atoms with Crippen LogP contribution in [0.4, 0.5) is 4.79 Å². The number of urea groups is 1. The lowest BCUT2D eigenvalue weighted by Crippen LogP contribution is -2.54. The van der Waals surface area contributed by atoms with Crippen molar-refractivity contribution >= 4 is 6.03 Å². The third-order valence-electron chi connectivity index (χ3n) is 4.60. The second kappa shape index (κ2) is 6.65. The van der Waals surface area contributed by atoms with Gasteiger partial charge in [0.2, 0.25) is 0 Å². The van der Waals surface area contributed by atoms with Crippen molar-refractivity contribution in [1.29, 1.82) is 0 Å². The van der Waals surface area contributed by atoms with Gasteiger partial charge in [-0.15, -0.1) is 0 Å². The second-order valence-corrected chi connectivity index (χ2v) is 6.62. The lowest BCUT2D eigenvalue weighted by molar-refractivity contribution is 0.00378. The number of pyridine rings is 1. The van der Waals surface area contributed by atoms with Crippen molar-refractivity contribution in [3.05, 3.63) is 30.1 Å². The molecule has 3 rings (SSSR count). The summed E-state index contributed by atoms with van der Waals surface area (Å²) in [6.45, 7) is 6.26. The van der Waals surface area contributed by atoms with Gasteiger partial charge in [-0.05, 0) is 42.4 Å². The maximum absolute atomic E-state index is 12.8. The molecule has 2 heterocycles. The zero-order chi connectivity index (χ0) is 15.5. The molecular formula is C17H25N3O2. The second-order valence-electron chi connectivity index (χ2n) is 6.62. The standard InChI is InChI=1S/C17H25N3O2/c1-12(2)16(14-5-7-18-8-6-14)19-17(21)20-9-10-22-11-15(20)13-3-4-13/h5-8,12-13,15-16H,3-4,9-11H2,1-2H3,(H,19,21). The number of rotatable bonds is 4. The van der Waals surface area contributed by atoms with Crippen molar-refractivity contribution in [2.75, 3.05) is 19.8 Å². The number of morpholine rings is 1. The van der Waals surface area contributed by atoms with E-state index < -0.39 is 0 Å². The Hall–Kier alpha value is -1.62. The number of hydrogen-bond acceptors (Lipinski definition) is 3. The number of hydrogen-bond donors (Lipinski definition) is 1. The first-order valence-corrected chi connectivity index (χ1v) is 8.21. The molecule has 1 saturated carbocycles. The molecule has 1 aromatic rings. The smallest absolute Gasteiger partial charge is 0.318 e. The van der Waals surface area contributed by atoms with Crippen LogP contribution in [0.15, 0.2) is 24.5 Å². The molecule has 2 amide bonds. The minimum absolute atomic E-state index is 0.0122. The van der Waals surface area contributed by atoms with Crippen molar-refractivity contribution in [2.24, 2.45) is 11.8 Å². The molecule has 1 N–H and O–H groups in total. The Labute approximate surface area is 132 Å². The quantitative estimate of drug-likeness (QED) is 0.930. The fourth-order valence-electron chi connectivity index (χ4n) is 3.17. The normalized spacial score (nSPS) is 23.4. The topological polar surface area (TPSA) is 54.5 Å². The van der Waals surface area contributed by atoms with E-state index in [1.807, 2.05) is 17.0 Å². The summed E-state index contributed by atoms with van der Waals surface area (Å²) in [4.78, 5) is 18.8. The maximum Gasteiger partial charge on any atom is 0.318 e. The highest BCUT2D eigenvalue weighted by Gasteiger charge is 2.39. The molecule has 0 bridgehead atoms. The molecule has 2 fully saturated rings. The highest BCUT2D eigenvalue weighted by Crippen LogP contribution is 2.36. The zero-order valence-electron chi connectivity index (χ0n) is 13.4. The largest absolute Gasteiger partial charge is 0.377 e. The van der Waals surface area contributed by atoms with Crippen molar-refractivity contribution in [3.8, 4) is 0 Å². The van der Waals surface area contributed by atoms with Crippen molar-refractivity contribution in [2.45, 2.75) is 38.8 Å². The van der Waals surface area contributed by atoms with Crippen LogP contribution in [0.5, 0.6) is 0 Å². The van der Waals surface area contributed by atoms with Crippen LogP contribution in [0.3, 0.4) is 0 Å². The molecular weight excluding hydrogens is 278 g/mol. The Kier molecular flexibility index (Phi) is 4.62. The van der Waals surface area contributed by atoms with Gasteiger partial charge in [-0.1, -0.05) is 13.8 Å². The van der Waals surface area contributed by atoms with Gasteiger partial charge >= 0.3 is 6.03 Å². The Morgan fingerprint density at radius 2 is 2.09 bits per heavy atom. The van der Waals surface area contributed by atoms with Crippen LogP contribution in [-0.2, 0) is 4.74 Å². The molecule has 0 spiro atoms. The summed E-state index contributed by atoms with van der Waals surface area (Å²) >= 11 is 0. The van der Waals surface area contributed by atoms with Crippen LogP contribution in [-0.4, -0.2) is 41.7 Å². The minimum atomic E-state index is 0.0122. The molecule has 0 radical (unpaired) electrons. The molecule has 120 valence electrons. The van der Waals surface area contributed by atoms with E-state index in [2.05, 4.69) is 24.1 Å². The zero-order valence-corrected chi connectivity index (χ0v) is 13.4. The third kappa shape index (κ3) is 3.40. The summed E-state index contributed by atoms with van der Waals surface area (Å²) in [6, 6.07) is 4.25. The van der Waals surface area contributed by atoms with E-state index >= 15 is 0 Å². The Morgan fingerprint density at radius 3 is 2.73 bits per heavy atom. The summed E-state index contributed by atoms with van der Waals surface area (Å²) < 4.78 is 5.57. The van der Waals surface area contributed by atoms with Gasteiger partial charge < -0.3 is 15.0 Å². The van der Waals surface area contributed by atoms with Crippen LogP contribution in [0.1, 0.15) is 38.3 Å². The summed E-state index contributed by atoms with van der Waals surface area (Å²) in [5.74, 6) is 0.955. The van der Waals surface area contributed by atoms with E-state index in [-0.39, 0.29) is 18.1 Å². The average molecular weight is 303 g/mol. The van der Waals surface area contributed by atoms with Gasteiger partial charge in [-0.2, -0.15) is 0 Å². The van der Waals surface area contributed by atoms with Gasteiger partial charge in [-0.3, -0.25) is 4.98 Å². The lowest BCUT2D eigenvalue weighted by Gasteiger charge is -2.37. The number of ether oxygens (including phenoxy) is 1.